The summed E-state index contributed by atoms with van der Waals surface area (Å²) in [5.74, 6) is -0.421. The lowest BCUT2D eigenvalue weighted by atomic mass is 9.87. The summed E-state index contributed by atoms with van der Waals surface area (Å²) in [6.45, 7) is 3.88. The Hall–Kier alpha value is -0.900. The lowest BCUT2D eigenvalue weighted by Gasteiger charge is -2.29. The third-order valence-electron chi connectivity index (χ3n) is 2.64. The van der Waals surface area contributed by atoms with Crippen molar-refractivity contribution in [1.29, 1.82) is 0 Å². The van der Waals surface area contributed by atoms with Gasteiger partial charge >= 0.3 is 0 Å². The van der Waals surface area contributed by atoms with Gasteiger partial charge in [0.1, 0.15) is 0 Å². The highest BCUT2D eigenvalue weighted by Gasteiger charge is 2.31. The SMILES string of the molecule is COC(C)(C)CC1CCC(=O)NC1=O. The molecule has 0 saturated carbocycles. The van der Waals surface area contributed by atoms with E-state index in [4.69, 9.17) is 4.74 Å². The van der Waals surface area contributed by atoms with Gasteiger partial charge in [0.05, 0.1) is 5.60 Å². The van der Waals surface area contributed by atoms with Crippen LogP contribution >= 0.6 is 0 Å². The molecule has 0 aromatic heterocycles. The van der Waals surface area contributed by atoms with Crippen LogP contribution in [0, 0.1) is 5.92 Å². The third kappa shape index (κ3) is 2.80. The molecule has 1 fully saturated rings. The maximum absolute atomic E-state index is 11.4. The molecule has 0 radical (unpaired) electrons. The van der Waals surface area contributed by atoms with E-state index in [0.717, 1.165) is 0 Å². The Morgan fingerprint density at radius 3 is 2.64 bits per heavy atom. The minimum Gasteiger partial charge on any atom is -0.379 e. The number of imide groups is 1. The fourth-order valence-corrected chi connectivity index (χ4v) is 1.61. The van der Waals surface area contributed by atoms with E-state index in [9.17, 15) is 9.59 Å². The highest BCUT2D eigenvalue weighted by Crippen LogP contribution is 2.25. The van der Waals surface area contributed by atoms with Gasteiger partial charge in [-0.05, 0) is 26.7 Å². The molecule has 1 rings (SSSR count). The maximum Gasteiger partial charge on any atom is 0.229 e. The highest BCUT2D eigenvalue weighted by atomic mass is 16.5. The van der Waals surface area contributed by atoms with E-state index in [1.165, 1.54) is 0 Å². The molecule has 1 unspecified atom stereocenters. The van der Waals surface area contributed by atoms with Crippen LogP contribution in [0.1, 0.15) is 33.1 Å². The van der Waals surface area contributed by atoms with Crippen LogP contribution in [-0.4, -0.2) is 24.5 Å². The Balaban J connectivity index is 2.53. The molecule has 0 aliphatic carbocycles. The van der Waals surface area contributed by atoms with Gasteiger partial charge in [-0.3, -0.25) is 14.9 Å². The monoisotopic (exact) mass is 199 g/mol. The van der Waals surface area contributed by atoms with Gasteiger partial charge in [-0.25, -0.2) is 0 Å². The number of nitrogens with one attached hydrogen (secondary N) is 1. The third-order valence-corrected chi connectivity index (χ3v) is 2.64. The van der Waals surface area contributed by atoms with Gasteiger partial charge in [0.2, 0.25) is 11.8 Å². The summed E-state index contributed by atoms with van der Waals surface area (Å²) >= 11 is 0. The Bertz CT molecular complexity index is 248. The van der Waals surface area contributed by atoms with Crippen LogP contribution in [0.4, 0.5) is 0 Å². The van der Waals surface area contributed by atoms with Crippen molar-refractivity contribution in [3.8, 4) is 0 Å². The number of ether oxygens (including phenoxy) is 1. The molecule has 1 N–H and O–H groups in total. The zero-order chi connectivity index (χ0) is 10.8. The second-order valence-electron chi connectivity index (χ2n) is 4.32. The predicted octanol–water partition coefficient (Wildman–Crippen LogP) is 0.854. The first-order valence-corrected chi connectivity index (χ1v) is 4.83. The number of piperidine rings is 1. The molecule has 4 heteroatoms. The summed E-state index contributed by atoms with van der Waals surface area (Å²) in [4.78, 5) is 22.3. The van der Waals surface area contributed by atoms with Crippen LogP contribution in [-0.2, 0) is 14.3 Å². The zero-order valence-electron chi connectivity index (χ0n) is 8.92. The number of methoxy groups -OCH3 is 1. The van der Waals surface area contributed by atoms with Gasteiger partial charge in [-0.1, -0.05) is 0 Å². The number of hydrogen-bond donors (Lipinski definition) is 1. The normalized spacial score (nSPS) is 23.5. The van der Waals surface area contributed by atoms with Crippen molar-refractivity contribution in [1.82, 2.24) is 5.32 Å². The van der Waals surface area contributed by atoms with Gasteiger partial charge < -0.3 is 4.74 Å². The Morgan fingerprint density at radius 2 is 2.14 bits per heavy atom. The molecular weight excluding hydrogens is 182 g/mol. The minimum atomic E-state index is -0.303. The first-order chi connectivity index (χ1) is 6.44. The van der Waals surface area contributed by atoms with Gasteiger partial charge in [-0.2, -0.15) is 0 Å². The second-order valence-corrected chi connectivity index (χ2v) is 4.32. The number of carbonyl (C=O) groups is 2. The molecule has 80 valence electrons. The topological polar surface area (TPSA) is 55.4 Å². The molecule has 1 aliphatic heterocycles. The van der Waals surface area contributed by atoms with Crippen LogP contribution in [0.2, 0.25) is 0 Å². The second kappa shape index (κ2) is 4.09. The number of rotatable bonds is 3. The quantitative estimate of drug-likeness (QED) is 0.686. The van der Waals surface area contributed by atoms with Gasteiger partial charge in [0, 0.05) is 19.4 Å². The van der Waals surface area contributed by atoms with Crippen molar-refractivity contribution in [2.24, 2.45) is 5.92 Å². The molecule has 1 saturated heterocycles. The fourth-order valence-electron chi connectivity index (χ4n) is 1.61. The van der Waals surface area contributed by atoms with E-state index in [0.29, 0.717) is 19.3 Å². The molecular formula is C10H17NO3. The lowest BCUT2D eigenvalue weighted by molar-refractivity contribution is -0.138. The van der Waals surface area contributed by atoms with E-state index in [2.05, 4.69) is 5.32 Å². The summed E-state index contributed by atoms with van der Waals surface area (Å²) in [7, 11) is 1.63. The van der Waals surface area contributed by atoms with Gasteiger partial charge in [0.25, 0.3) is 0 Å². The highest BCUT2D eigenvalue weighted by molar-refractivity contribution is 5.98. The van der Waals surface area contributed by atoms with Crippen LogP contribution in [0.3, 0.4) is 0 Å². The average molecular weight is 199 g/mol. The molecule has 0 bridgehead atoms. The van der Waals surface area contributed by atoms with Crippen molar-refractivity contribution in [3.05, 3.63) is 0 Å². The summed E-state index contributed by atoms with van der Waals surface area (Å²) in [6.07, 6.45) is 1.73. The number of carbonyl (C=O) groups excluding carboxylic acids is 2. The zero-order valence-corrected chi connectivity index (χ0v) is 8.92. The number of hydrogen-bond acceptors (Lipinski definition) is 3. The smallest absolute Gasteiger partial charge is 0.229 e. The fraction of sp³-hybridized carbons (Fsp3) is 0.800. The van der Waals surface area contributed by atoms with Crippen LogP contribution < -0.4 is 5.32 Å². The van der Waals surface area contributed by atoms with Crippen molar-refractivity contribution in [2.75, 3.05) is 7.11 Å². The van der Waals surface area contributed by atoms with Crippen LogP contribution in [0.15, 0.2) is 0 Å². The molecule has 1 atom stereocenters. The Morgan fingerprint density at radius 1 is 1.50 bits per heavy atom. The molecule has 0 aromatic carbocycles. The van der Waals surface area contributed by atoms with E-state index in [1.807, 2.05) is 13.8 Å². The summed E-state index contributed by atoms with van der Waals surface area (Å²) in [5.41, 5.74) is -0.303. The van der Waals surface area contributed by atoms with E-state index in [1.54, 1.807) is 7.11 Å². The van der Waals surface area contributed by atoms with Crippen molar-refractivity contribution >= 4 is 11.8 Å². The van der Waals surface area contributed by atoms with Crippen molar-refractivity contribution in [2.45, 2.75) is 38.7 Å². The summed E-state index contributed by atoms with van der Waals surface area (Å²) in [6, 6.07) is 0. The summed E-state index contributed by atoms with van der Waals surface area (Å²) < 4.78 is 5.25. The first-order valence-electron chi connectivity index (χ1n) is 4.83. The lowest BCUT2D eigenvalue weighted by Crippen LogP contribution is -2.43. The Labute approximate surface area is 84.0 Å². The van der Waals surface area contributed by atoms with Gasteiger partial charge in [-0.15, -0.1) is 0 Å². The molecule has 0 aromatic rings. The van der Waals surface area contributed by atoms with Crippen LogP contribution in [0.25, 0.3) is 0 Å². The predicted molar refractivity (Wildman–Crippen MR) is 51.6 cm³/mol. The van der Waals surface area contributed by atoms with Crippen LogP contribution in [0.5, 0.6) is 0 Å². The van der Waals surface area contributed by atoms with E-state index >= 15 is 0 Å². The molecule has 14 heavy (non-hydrogen) atoms. The molecule has 2 amide bonds. The van der Waals surface area contributed by atoms with Gasteiger partial charge in [0.15, 0.2) is 0 Å². The molecule has 1 heterocycles. The average Bonchev–Trinajstić information content (AvgIpc) is 2.10. The van der Waals surface area contributed by atoms with E-state index in [-0.39, 0.29) is 23.3 Å². The maximum atomic E-state index is 11.4. The standard InChI is InChI=1S/C10H17NO3/c1-10(2,14-3)6-7-4-5-8(12)11-9(7)13/h7H,4-6H2,1-3H3,(H,11,12,13). The van der Waals surface area contributed by atoms with Crippen molar-refractivity contribution in [3.63, 3.8) is 0 Å². The van der Waals surface area contributed by atoms with Crippen molar-refractivity contribution < 1.29 is 14.3 Å². The summed E-state index contributed by atoms with van der Waals surface area (Å²) in [5, 5.41) is 2.34. The Kier molecular flexibility index (Phi) is 3.26. The molecule has 0 spiro atoms. The minimum absolute atomic E-state index is 0.0948. The molecule has 1 aliphatic rings. The number of amides is 2. The molecule has 4 nitrogen and oxygen atoms in total. The van der Waals surface area contributed by atoms with E-state index < -0.39 is 0 Å². The largest absolute Gasteiger partial charge is 0.379 e. The first kappa shape index (κ1) is 11.2.